The number of rotatable bonds is 8. The van der Waals surface area contributed by atoms with Gasteiger partial charge in [0.2, 0.25) is 0 Å². The highest BCUT2D eigenvalue weighted by molar-refractivity contribution is 5.47. The fourth-order valence-electron chi connectivity index (χ4n) is 2.53. The highest BCUT2D eigenvalue weighted by atomic mass is 16.3. The summed E-state index contributed by atoms with van der Waals surface area (Å²) in [5.41, 5.74) is 3.79. The number of nitrogens with zero attached hydrogens (tertiary/aromatic N) is 1. The van der Waals surface area contributed by atoms with E-state index in [2.05, 4.69) is 55.4 Å². The van der Waals surface area contributed by atoms with Crippen molar-refractivity contribution in [1.82, 2.24) is 5.32 Å². The molecular formula is C18H26N2O. The van der Waals surface area contributed by atoms with Gasteiger partial charge in [-0.2, -0.15) is 0 Å². The van der Waals surface area contributed by atoms with Crippen LogP contribution in [-0.4, -0.2) is 13.6 Å². The van der Waals surface area contributed by atoms with Crippen LogP contribution in [0.2, 0.25) is 0 Å². The molecule has 1 aromatic heterocycles. The molecule has 1 heterocycles. The van der Waals surface area contributed by atoms with Crippen molar-refractivity contribution >= 4 is 5.69 Å². The normalized spacial score (nSPS) is 12.3. The Hall–Kier alpha value is -1.74. The Morgan fingerprint density at radius 1 is 1.14 bits per heavy atom. The minimum absolute atomic E-state index is 0.457. The molecule has 21 heavy (non-hydrogen) atoms. The van der Waals surface area contributed by atoms with Gasteiger partial charge in [-0.25, -0.2) is 0 Å². The van der Waals surface area contributed by atoms with Crippen LogP contribution in [0, 0.1) is 0 Å². The van der Waals surface area contributed by atoms with Crippen LogP contribution in [0.5, 0.6) is 0 Å². The zero-order chi connectivity index (χ0) is 15.1. The van der Waals surface area contributed by atoms with Crippen LogP contribution in [0.25, 0.3) is 0 Å². The summed E-state index contributed by atoms with van der Waals surface area (Å²) in [6.07, 6.45) is 5.80. The highest BCUT2D eigenvalue weighted by Crippen LogP contribution is 2.21. The van der Waals surface area contributed by atoms with E-state index in [4.69, 9.17) is 4.42 Å². The van der Waals surface area contributed by atoms with Gasteiger partial charge in [0.05, 0.1) is 12.5 Å². The number of anilines is 1. The van der Waals surface area contributed by atoms with Gasteiger partial charge in [0.25, 0.3) is 0 Å². The predicted molar refractivity (Wildman–Crippen MR) is 88.6 cm³/mol. The van der Waals surface area contributed by atoms with Gasteiger partial charge in [0.15, 0.2) is 0 Å². The highest BCUT2D eigenvalue weighted by Gasteiger charge is 2.09. The third kappa shape index (κ3) is 4.36. The lowest BCUT2D eigenvalue weighted by molar-refractivity contribution is 0.518. The second-order valence-corrected chi connectivity index (χ2v) is 5.49. The fraction of sp³-hybridized carbons (Fsp3) is 0.444. The molecule has 0 aliphatic rings. The van der Waals surface area contributed by atoms with Crippen molar-refractivity contribution in [1.29, 1.82) is 0 Å². The molecule has 3 nitrogen and oxygen atoms in total. The lowest BCUT2D eigenvalue weighted by Crippen LogP contribution is -2.21. The molecule has 114 valence electrons. The molecule has 0 saturated heterocycles. The van der Waals surface area contributed by atoms with Crippen LogP contribution in [0.4, 0.5) is 5.69 Å². The summed E-state index contributed by atoms with van der Waals surface area (Å²) < 4.78 is 5.12. The van der Waals surface area contributed by atoms with Crippen molar-refractivity contribution in [3.8, 4) is 0 Å². The van der Waals surface area contributed by atoms with E-state index in [1.165, 1.54) is 23.2 Å². The zero-order valence-electron chi connectivity index (χ0n) is 13.3. The quantitative estimate of drug-likeness (QED) is 0.781. The van der Waals surface area contributed by atoms with E-state index in [-0.39, 0.29) is 0 Å². The second kappa shape index (κ2) is 7.89. The van der Waals surface area contributed by atoms with Crippen molar-refractivity contribution in [3.05, 3.63) is 54.0 Å². The lowest BCUT2D eigenvalue weighted by atomic mass is 10.0. The van der Waals surface area contributed by atoms with Crippen molar-refractivity contribution in [2.24, 2.45) is 0 Å². The van der Waals surface area contributed by atoms with E-state index in [9.17, 15) is 0 Å². The summed E-state index contributed by atoms with van der Waals surface area (Å²) in [6.45, 7) is 6.36. The van der Waals surface area contributed by atoms with E-state index in [0.717, 1.165) is 19.5 Å². The minimum Gasteiger partial charge on any atom is -0.472 e. The fourth-order valence-corrected chi connectivity index (χ4v) is 2.53. The summed E-state index contributed by atoms with van der Waals surface area (Å²) in [7, 11) is 2.11. The molecule has 1 N–H and O–H groups in total. The van der Waals surface area contributed by atoms with E-state index in [0.29, 0.717) is 6.04 Å². The Morgan fingerprint density at radius 2 is 1.90 bits per heavy atom. The molecule has 2 aromatic rings. The monoisotopic (exact) mass is 286 g/mol. The van der Waals surface area contributed by atoms with Gasteiger partial charge in [-0.15, -0.1) is 0 Å². The molecule has 0 bridgehead atoms. The maximum atomic E-state index is 5.12. The Morgan fingerprint density at radius 3 is 2.48 bits per heavy atom. The standard InChI is InChI=1S/C18H26N2O/c1-4-11-19-18(5-2)16-6-8-17(9-7-16)20(3)13-15-10-12-21-14-15/h6-10,12,14,18-19H,4-5,11,13H2,1-3H3. The largest absolute Gasteiger partial charge is 0.472 e. The molecule has 0 aliphatic carbocycles. The summed E-state index contributed by atoms with van der Waals surface area (Å²) in [5.74, 6) is 0. The summed E-state index contributed by atoms with van der Waals surface area (Å²) in [6, 6.07) is 11.3. The van der Waals surface area contributed by atoms with Crippen LogP contribution in [0.15, 0.2) is 47.3 Å². The van der Waals surface area contributed by atoms with E-state index < -0.39 is 0 Å². The number of furan rings is 1. The van der Waals surface area contributed by atoms with Gasteiger partial charge in [-0.1, -0.05) is 26.0 Å². The smallest absolute Gasteiger partial charge is 0.0952 e. The third-order valence-electron chi connectivity index (χ3n) is 3.79. The molecule has 3 heteroatoms. The van der Waals surface area contributed by atoms with Gasteiger partial charge >= 0.3 is 0 Å². The van der Waals surface area contributed by atoms with Crippen LogP contribution < -0.4 is 10.2 Å². The van der Waals surface area contributed by atoms with Crippen molar-refractivity contribution in [2.45, 2.75) is 39.3 Å². The van der Waals surface area contributed by atoms with Crippen LogP contribution in [-0.2, 0) is 6.54 Å². The Balaban J connectivity index is 2.00. The Kier molecular flexibility index (Phi) is 5.88. The molecule has 1 atom stereocenters. The molecular weight excluding hydrogens is 260 g/mol. The van der Waals surface area contributed by atoms with Crippen LogP contribution in [0.3, 0.4) is 0 Å². The summed E-state index contributed by atoms with van der Waals surface area (Å²) in [5, 5.41) is 3.59. The molecule has 1 unspecified atom stereocenters. The van der Waals surface area contributed by atoms with Crippen LogP contribution in [0.1, 0.15) is 43.9 Å². The number of hydrogen-bond acceptors (Lipinski definition) is 3. The number of nitrogens with one attached hydrogen (secondary N) is 1. The van der Waals surface area contributed by atoms with E-state index in [1.54, 1.807) is 12.5 Å². The maximum absolute atomic E-state index is 5.12. The minimum atomic E-state index is 0.457. The average molecular weight is 286 g/mol. The summed E-state index contributed by atoms with van der Waals surface area (Å²) in [4.78, 5) is 2.23. The SMILES string of the molecule is CCCNC(CC)c1ccc(N(C)Cc2ccoc2)cc1. The number of benzene rings is 1. The molecule has 0 spiro atoms. The second-order valence-electron chi connectivity index (χ2n) is 5.49. The molecule has 0 fully saturated rings. The van der Waals surface area contributed by atoms with Crippen molar-refractivity contribution < 1.29 is 4.42 Å². The topological polar surface area (TPSA) is 28.4 Å². The first kappa shape index (κ1) is 15.6. The predicted octanol–water partition coefficient (Wildman–Crippen LogP) is 4.37. The molecule has 0 saturated carbocycles. The molecule has 0 aliphatic heterocycles. The van der Waals surface area contributed by atoms with Crippen molar-refractivity contribution in [2.75, 3.05) is 18.5 Å². The van der Waals surface area contributed by atoms with Gasteiger partial charge in [0.1, 0.15) is 0 Å². The van der Waals surface area contributed by atoms with Gasteiger partial charge in [-0.05, 0) is 43.1 Å². The molecule has 1 aromatic carbocycles. The van der Waals surface area contributed by atoms with Gasteiger partial charge in [0, 0.05) is 30.9 Å². The first-order valence-electron chi connectivity index (χ1n) is 7.80. The van der Waals surface area contributed by atoms with Gasteiger partial charge in [-0.3, -0.25) is 0 Å². The first-order chi connectivity index (χ1) is 10.2. The lowest BCUT2D eigenvalue weighted by Gasteiger charge is -2.21. The third-order valence-corrected chi connectivity index (χ3v) is 3.79. The average Bonchev–Trinajstić information content (AvgIpc) is 3.01. The zero-order valence-corrected chi connectivity index (χ0v) is 13.3. The summed E-state index contributed by atoms with van der Waals surface area (Å²) >= 11 is 0. The number of hydrogen-bond donors (Lipinski definition) is 1. The molecule has 2 rings (SSSR count). The molecule has 0 amide bonds. The Labute approximate surface area is 128 Å². The van der Waals surface area contributed by atoms with Gasteiger partial charge < -0.3 is 14.6 Å². The first-order valence-corrected chi connectivity index (χ1v) is 7.80. The Bertz CT molecular complexity index is 505. The maximum Gasteiger partial charge on any atom is 0.0952 e. The molecule has 0 radical (unpaired) electrons. The van der Waals surface area contributed by atoms with E-state index in [1.807, 2.05) is 6.07 Å². The van der Waals surface area contributed by atoms with Crippen molar-refractivity contribution in [3.63, 3.8) is 0 Å². The van der Waals surface area contributed by atoms with E-state index >= 15 is 0 Å². The van der Waals surface area contributed by atoms with Crippen LogP contribution >= 0.6 is 0 Å².